The van der Waals surface area contributed by atoms with E-state index in [0.29, 0.717) is 16.9 Å². The first-order chi connectivity index (χ1) is 9.70. The highest BCUT2D eigenvalue weighted by atomic mass is 32.1. The molecule has 1 N–H and O–H groups in total. The van der Waals surface area contributed by atoms with Gasteiger partial charge in [-0.2, -0.15) is 13.2 Å². The van der Waals surface area contributed by atoms with Crippen LogP contribution in [0.4, 0.5) is 18.9 Å². The van der Waals surface area contributed by atoms with Crippen LogP contribution in [0.25, 0.3) is 10.6 Å². The first-order valence-electron chi connectivity index (χ1n) is 5.79. The Morgan fingerprint density at radius 1 is 1.24 bits per heavy atom. The van der Waals surface area contributed by atoms with E-state index in [1.165, 1.54) is 0 Å². The van der Waals surface area contributed by atoms with Crippen molar-refractivity contribution in [2.75, 3.05) is 19.0 Å². The highest BCUT2D eigenvalue weighted by molar-refractivity contribution is 7.17. The molecule has 0 aliphatic carbocycles. The predicted molar refractivity (Wildman–Crippen MR) is 73.8 cm³/mol. The van der Waals surface area contributed by atoms with Gasteiger partial charge < -0.3 is 10.0 Å². The quantitative estimate of drug-likeness (QED) is 0.940. The average Bonchev–Trinajstić information content (AvgIpc) is 2.84. The zero-order chi connectivity index (χ0) is 15.8. The Morgan fingerprint density at radius 3 is 2.19 bits per heavy atom. The molecule has 0 fully saturated rings. The van der Waals surface area contributed by atoms with E-state index >= 15 is 0 Å². The summed E-state index contributed by atoms with van der Waals surface area (Å²) in [6.45, 7) is 0. The molecule has 0 aliphatic heterocycles. The Balaban J connectivity index is 2.47. The number of carboxylic acid groups (broad SMARTS) is 1. The molecule has 0 unspecified atom stereocenters. The average molecular weight is 316 g/mol. The van der Waals surface area contributed by atoms with E-state index in [-0.39, 0.29) is 5.01 Å². The SMILES string of the molecule is CN(C)c1ccc(-c2nc(C(F)(F)F)c(C(=O)O)s2)cc1. The van der Waals surface area contributed by atoms with Crippen molar-refractivity contribution in [2.45, 2.75) is 6.18 Å². The molecule has 0 amide bonds. The summed E-state index contributed by atoms with van der Waals surface area (Å²) in [6, 6.07) is 6.68. The number of thiazole rings is 1. The Morgan fingerprint density at radius 2 is 1.81 bits per heavy atom. The third-order valence-electron chi connectivity index (χ3n) is 2.72. The number of carbonyl (C=O) groups is 1. The molecule has 0 bridgehead atoms. The van der Waals surface area contributed by atoms with Crippen molar-refractivity contribution in [2.24, 2.45) is 0 Å². The monoisotopic (exact) mass is 316 g/mol. The van der Waals surface area contributed by atoms with Crippen molar-refractivity contribution < 1.29 is 23.1 Å². The van der Waals surface area contributed by atoms with Gasteiger partial charge in [0.05, 0.1) is 0 Å². The van der Waals surface area contributed by atoms with E-state index in [1.807, 2.05) is 19.0 Å². The first-order valence-corrected chi connectivity index (χ1v) is 6.61. The molecule has 0 aliphatic rings. The number of aromatic carboxylic acids is 1. The van der Waals surface area contributed by atoms with Gasteiger partial charge in [-0.3, -0.25) is 0 Å². The predicted octanol–water partition coefficient (Wildman–Crippen LogP) is 3.59. The van der Waals surface area contributed by atoms with Crippen molar-refractivity contribution in [3.63, 3.8) is 0 Å². The minimum Gasteiger partial charge on any atom is -0.477 e. The molecular formula is C13H11F3N2O2S. The third-order valence-corrected chi connectivity index (χ3v) is 3.81. The minimum absolute atomic E-state index is 0.0324. The van der Waals surface area contributed by atoms with Crippen LogP contribution in [0.3, 0.4) is 0 Å². The van der Waals surface area contributed by atoms with Gasteiger partial charge in [0.15, 0.2) is 5.69 Å². The lowest BCUT2D eigenvalue weighted by Gasteiger charge is -2.11. The van der Waals surface area contributed by atoms with Crippen LogP contribution < -0.4 is 4.90 Å². The van der Waals surface area contributed by atoms with Gasteiger partial charge >= 0.3 is 12.1 Å². The fourth-order valence-corrected chi connectivity index (χ4v) is 2.61. The van der Waals surface area contributed by atoms with E-state index in [4.69, 9.17) is 5.11 Å². The maximum Gasteiger partial charge on any atom is 0.435 e. The van der Waals surface area contributed by atoms with Gasteiger partial charge in [0.1, 0.15) is 9.88 Å². The number of benzene rings is 1. The van der Waals surface area contributed by atoms with Crippen LogP contribution in [-0.2, 0) is 6.18 Å². The summed E-state index contributed by atoms with van der Waals surface area (Å²) in [6.07, 6.45) is -4.79. The van der Waals surface area contributed by atoms with E-state index in [9.17, 15) is 18.0 Å². The molecule has 2 aromatic rings. The number of anilines is 1. The zero-order valence-corrected chi connectivity index (χ0v) is 11.9. The van der Waals surface area contributed by atoms with E-state index in [1.54, 1.807) is 24.3 Å². The van der Waals surface area contributed by atoms with Crippen LogP contribution in [-0.4, -0.2) is 30.2 Å². The topological polar surface area (TPSA) is 53.4 Å². The van der Waals surface area contributed by atoms with Crippen molar-refractivity contribution in [1.29, 1.82) is 0 Å². The Hall–Kier alpha value is -2.09. The van der Waals surface area contributed by atoms with Crippen LogP contribution >= 0.6 is 11.3 Å². The highest BCUT2D eigenvalue weighted by Gasteiger charge is 2.39. The molecule has 2 rings (SSSR count). The summed E-state index contributed by atoms with van der Waals surface area (Å²) in [7, 11) is 3.67. The summed E-state index contributed by atoms with van der Waals surface area (Å²) in [5.74, 6) is -1.63. The molecule has 8 heteroatoms. The van der Waals surface area contributed by atoms with Gasteiger partial charge in [-0.25, -0.2) is 9.78 Å². The summed E-state index contributed by atoms with van der Waals surface area (Å²) in [4.78, 5) is 15.4. The normalized spacial score (nSPS) is 11.5. The molecule has 112 valence electrons. The van der Waals surface area contributed by atoms with E-state index in [2.05, 4.69) is 4.98 Å². The molecule has 1 heterocycles. The first kappa shape index (κ1) is 15.3. The van der Waals surface area contributed by atoms with Gasteiger partial charge in [-0.1, -0.05) is 0 Å². The highest BCUT2D eigenvalue weighted by Crippen LogP contribution is 2.37. The smallest absolute Gasteiger partial charge is 0.435 e. The van der Waals surface area contributed by atoms with E-state index < -0.39 is 22.7 Å². The van der Waals surface area contributed by atoms with Crippen molar-refractivity contribution in [1.82, 2.24) is 4.98 Å². The number of halogens is 3. The van der Waals surface area contributed by atoms with Gasteiger partial charge in [0, 0.05) is 25.3 Å². The standard InChI is InChI=1S/C13H11F3N2O2S/c1-18(2)8-5-3-7(4-6-8)11-17-10(13(14,15)16)9(21-11)12(19)20/h3-6H,1-2H3,(H,19,20). The van der Waals surface area contributed by atoms with Gasteiger partial charge in [0.2, 0.25) is 0 Å². The third kappa shape index (κ3) is 3.15. The molecular weight excluding hydrogens is 305 g/mol. The van der Waals surface area contributed by atoms with Gasteiger partial charge in [-0.15, -0.1) is 11.3 Å². The maximum absolute atomic E-state index is 12.8. The second kappa shape index (κ2) is 5.36. The molecule has 21 heavy (non-hydrogen) atoms. The molecule has 4 nitrogen and oxygen atoms in total. The Kier molecular flexibility index (Phi) is 3.91. The minimum atomic E-state index is -4.79. The molecule has 0 spiro atoms. The number of hydrogen-bond donors (Lipinski definition) is 1. The zero-order valence-electron chi connectivity index (χ0n) is 11.1. The Bertz CT molecular complexity index is 663. The summed E-state index contributed by atoms with van der Waals surface area (Å²) in [5.41, 5.74) is -0.0277. The summed E-state index contributed by atoms with van der Waals surface area (Å²) < 4.78 is 38.3. The van der Waals surface area contributed by atoms with Crippen LogP contribution in [0.5, 0.6) is 0 Å². The molecule has 0 atom stereocenters. The lowest BCUT2D eigenvalue weighted by molar-refractivity contribution is -0.141. The molecule has 0 saturated carbocycles. The van der Waals surface area contributed by atoms with Crippen LogP contribution in [0.15, 0.2) is 24.3 Å². The van der Waals surface area contributed by atoms with Gasteiger partial charge in [0.25, 0.3) is 0 Å². The van der Waals surface area contributed by atoms with Crippen molar-refractivity contribution in [3.8, 4) is 10.6 Å². The fourth-order valence-electron chi connectivity index (χ4n) is 1.68. The number of aromatic nitrogens is 1. The Labute approximate surface area is 122 Å². The fraction of sp³-hybridized carbons (Fsp3) is 0.231. The lowest BCUT2D eigenvalue weighted by atomic mass is 10.2. The molecule has 0 saturated heterocycles. The van der Waals surface area contributed by atoms with Crippen LogP contribution in [0, 0.1) is 0 Å². The van der Waals surface area contributed by atoms with Crippen LogP contribution in [0.2, 0.25) is 0 Å². The van der Waals surface area contributed by atoms with Crippen LogP contribution in [0.1, 0.15) is 15.4 Å². The number of carboxylic acids is 1. The van der Waals surface area contributed by atoms with Crippen molar-refractivity contribution >= 4 is 23.0 Å². The molecule has 1 aromatic heterocycles. The number of nitrogens with zero attached hydrogens (tertiary/aromatic N) is 2. The molecule has 1 aromatic carbocycles. The number of hydrogen-bond acceptors (Lipinski definition) is 4. The van der Waals surface area contributed by atoms with Crippen molar-refractivity contribution in [3.05, 3.63) is 34.8 Å². The number of alkyl halides is 3. The second-order valence-electron chi connectivity index (χ2n) is 4.44. The summed E-state index contributed by atoms with van der Waals surface area (Å²) in [5, 5.41) is 8.90. The largest absolute Gasteiger partial charge is 0.477 e. The van der Waals surface area contributed by atoms with Gasteiger partial charge in [-0.05, 0) is 24.3 Å². The second-order valence-corrected chi connectivity index (χ2v) is 5.44. The number of rotatable bonds is 3. The lowest BCUT2D eigenvalue weighted by Crippen LogP contribution is -2.11. The van der Waals surface area contributed by atoms with E-state index in [0.717, 1.165) is 5.69 Å². The maximum atomic E-state index is 12.8. The summed E-state index contributed by atoms with van der Waals surface area (Å²) >= 11 is 0.518. The molecule has 0 radical (unpaired) electrons.